The van der Waals surface area contributed by atoms with E-state index in [1.54, 1.807) is 34.0 Å². The molecule has 0 aromatic rings. The second-order valence-electron chi connectivity index (χ2n) is 17.1. The van der Waals surface area contributed by atoms with E-state index in [0.717, 1.165) is 10.5 Å². The van der Waals surface area contributed by atoms with Crippen LogP contribution in [0.25, 0.3) is 0 Å². The quantitative estimate of drug-likeness (QED) is 0.172. The minimum Gasteiger partial charge on any atom is -0.456 e. The lowest BCUT2D eigenvalue weighted by molar-refractivity contribution is -0.225. The summed E-state index contributed by atoms with van der Waals surface area (Å²) in [6, 6.07) is -1.16. The standard InChI is InChI=1S/C43H67NO12/c1-9-12-30-18-24(2)17-25(3)19-36(54-8)38(48)37-21-27(5)43(52,56-37)40(49)41(50)44-16-11-10-13-31(44)42(51)55-39(28(6)33(46)23-34(30)47)26(4)20-29-14-15-32(45)35(22-29)53-7/h9,18,20,25,27-33,35-39,45-46,48,52H,1,10-17,19,21-23H2,2-8H3/b24-18+,26-20+. The van der Waals surface area contributed by atoms with Crippen molar-refractivity contribution in [1.29, 1.82) is 0 Å². The number of hydrogen-bond donors (Lipinski definition) is 4. The highest BCUT2D eigenvalue weighted by atomic mass is 16.7. The molecule has 4 aliphatic rings. The summed E-state index contributed by atoms with van der Waals surface area (Å²) in [7, 11) is 3.02. The van der Waals surface area contributed by atoms with E-state index < -0.39 is 83.9 Å². The molecule has 0 radical (unpaired) electrons. The van der Waals surface area contributed by atoms with Gasteiger partial charge in [-0.25, -0.2) is 4.79 Å². The van der Waals surface area contributed by atoms with Crippen LogP contribution in [0.5, 0.6) is 0 Å². The van der Waals surface area contributed by atoms with E-state index in [1.807, 2.05) is 26.0 Å². The number of piperidine rings is 1. The molecule has 1 aliphatic carbocycles. The molecule has 14 atom stereocenters. The summed E-state index contributed by atoms with van der Waals surface area (Å²) in [5.41, 5.74) is 1.58. The Morgan fingerprint density at radius 2 is 1.66 bits per heavy atom. The van der Waals surface area contributed by atoms with E-state index in [-0.39, 0.29) is 49.5 Å². The van der Waals surface area contributed by atoms with Crippen LogP contribution in [0.15, 0.2) is 36.0 Å². The van der Waals surface area contributed by atoms with Gasteiger partial charge in [0, 0.05) is 44.9 Å². The molecule has 0 spiro atoms. The van der Waals surface area contributed by atoms with Crippen LogP contribution >= 0.6 is 0 Å². The first-order chi connectivity index (χ1) is 26.4. The summed E-state index contributed by atoms with van der Waals surface area (Å²) >= 11 is 0. The van der Waals surface area contributed by atoms with Crippen molar-refractivity contribution >= 4 is 23.4 Å². The highest BCUT2D eigenvalue weighted by molar-refractivity contribution is 6.39. The second-order valence-corrected chi connectivity index (χ2v) is 17.1. The molecule has 4 N–H and O–H groups in total. The number of aliphatic hydroxyl groups is 4. The van der Waals surface area contributed by atoms with Crippen molar-refractivity contribution in [2.45, 2.75) is 160 Å². The van der Waals surface area contributed by atoms with E-state index in [0.29, 0.717) is 56.9 Å². The summed E-state index contributed by atoms with van der Waals surface area (Å²) in [6.45, 7) is 12.9. The molecule has 0 aromatic carbocycles. The monoisotopic (exact) mass is 789 g/mol. The molecule has 0 aromatic heterocycles. The molecule has 13 nitrogen and oxygen atoms in total. The highest BCUT2D eigenvalue weighted by Gasteiger charge is 2.57. The molecule has 3 fully saturated rings. The van der Waals surface area contributed by atoms with Crippen LogP contribution in [0.1, 0.15) is 105 Å². The number of aliphatic hydroxyl groups excluding tert-OH is 3. The van der Waals surface area contributed by atoms with Gasteiger partial charge in [0.05, 0.1) is 30.5 Å². The zero-order valence-corrected chi connectivity index (χ0v) is 34.4. The van der Waals surface area contributed by atoms with E-state index in [2.05, 4.69) is 6.58 Å². The van der Waals surface area contributed by atoms with Crippen LogP contribution in [0.2, 0.25) is 0 Å². The number of rotatable bonds is 6. The van der Waals surface area contributed by atoms with Crippen molar-refractivity contribution in [2.75, 3.05) is 20.8 Å². The number of carbonyl (C=O) groups excluding carboxylic acids is 4. The lowest BCUT2D eigenvalue weighted by Gasteiger charge is -2.38. The molecular formula is C43H67NO12. The molecule has 3 aliphatic heterocycles. The average Bonchev–Trinajstić information content (AvgIpc) is 3.48. The molecule has 1 amide bonds. The Morgan fingerprint density at radius 1 is 0.964 bits per heavy atom. The number of ether oxygens (including phenoxy) is 4. The fourth-order valence-corrected chi connectivity index (χ4v) is 9.20. The number of cyclic esters (lactones) is 1. The summed E-state index contributed by atoms with van der Waals surface area (Å²) in [5.74, 6) is -7.99. The number of nitrogens with zero attached hydrogens (tertiary/aromatic N) is 1. The van der Waals surface area contributed by atoms with E-state index in [4.69, 9.17) is 18.9 Å². The van der Waals surface area contributed by atoms with Crippen LogP contribution in [0.3, 0.4) is 0 Å². The fourth-order valence-electron chi connectivity index (χ4n) is 9.20. The number of carbonyl (C=O) groups is 4. The molecule has 2 bridgehead atoms. The lowest BCUT2D eigenvalue weighted by atomic mass is 9.81. The van der Waals surface area contributed by atoms with Crippen molar-refractivity contribution in [3.05, 3.63) is 36.0 Å². The summed E-state index contributed by atoms with van der Waals surface area (Å²) in [4.78, 5) is 57.1. The van der Waals surface area contributed by atoms with Crippen LogP contribution in [-0.4, -0.2) is 124 Å². The van der Waals surface area contributed by atoms with Gasteiger partial charge in [-0.1, -0.05) is 44.6 Å². The molecule has 14 unspecified atom stereocenters. The summed E-state index contributed by atoms with van der Waals surface area (Å²) < 4.78 is 23.3. The second kappa shape index (κ2) is 20.3. The number of fused-ring (bicyclic) bond motifs is 3. The topological polar surface area (TPSA) is 189 Å². The smallest absolute Gasteiger partial charge is 0.329 e. The van der Waals surface area contributed by atoms with Gasteiger partial charge in [0.2, 0.25) is 5.79 Å². The number of ketones is 2. The predicted molar refractivity (Wildman–Crippen MR) is 208 cm³/mol. The van der Waals surface area contributed by atoms with Gasteiger partial charge in [0.25, 0.3) is 11.7 Å². The highest BCUT2D eigenvalue weighted by Crippen LogP contribution is 2.39. The van der Waals surface area contributed by atoms with E-state index in [9.17, 15) is 39.6 Å². The van der Waals surface area contributed by atoms with Crippen LogP contribution in [0, 0.1) is 29.6 Å². The van der Waals surface area contributed by atoms with Crippen molar-refractivity contribution in [3.63, 3.8) is 0 Å². The van der Waals surface area contributed by atoms with Gasteiger partial charge in [-0.05, 0) is 95.5 Å². The molecule has 1 saturated carbocycles. The molecule has 56 heavy (non-hydrogen) atoms. The van der Waals surface area contributed by atoms with Gasteiger partial charge >= 0.3 is 5.97 Å². The number of Topliss-reactive ketones (excluding diaryl/α,β-unsaturated/α-hetero) is 2. The third kappa shape index (κ3) is 10.8. The zero-order chi connectivity index (χ0) is 41.5. The van der Waals surface area contributed by atoms with Gasteiger partial charge in [0.15, 0.2) is 0 Å². The molecule has 3 heterocycles. The predicted octanol–water partition coefficient (Wildman–Crippen LogP) is 3.98. The Morgan fingerprint density at radius 3 is 2.32 bits per heavy atom. The average molecular weight is 790 g/mol. The molecular weight excluding hydrogens is 722 g/mol. The third-order valence-corrected chi connectivity index (χ3v) is 12.6. The summed E-state index contributed by atoms with van der Waals surface area (Å²) in [5, 5.41) is 45.1. The molecule has 4 rings (SSSR count). The normalized spacial score (nSPS) is 41.5. The number of hydrogen-bond acceptors (Lipinski definition) is 12. The fraction of sp³-hybridized carbons (Fsp3) is 0.767. The van der Waals surface area contributed by atoms with Crippen molar-refractivity contribution < 1.29 is 58.6 Å². The Hall–Kier alpha value is -2.78. The van der Waals surface area contributed by atoms with Crippen LogP contribution in [-0.2, 0) is 38.1 Å². The maximum absolute atomic E-state index is 14.2. The largest absolute Gasteiger partial charge is 0.456 e. The first-order valence-electron chi connectivity index (χ1n) is 20.5. The Kier molecular flexibility index (Phi) is 16.6. The Bertz CT molecular complexity index is 1460. The maximum Gasteiger partial charge on any atom is 0.329 e. The van der Waals surface area contributed by atoms with Gasteiger partial charge in [-0.2, -0.15) is 0 Å². The first-order valence-corrected chi connectivity index (χ1v) is 20.5. The van der Waals surface area contributed by atoms with Crippen LogP contribution in [0.4, 0.5) is 0 Å². The van der Waals surface area contributed by atoms with E-state index >= 15 is 0 Å². The van der Waals surface area contributed by atoms with E-state index in [1.165, 1.54) is 7.11 Å². The molecule has 316 valence electrons. The summed E-state index contributed by atoms with van der Waals surface area (Å²) in [6.07, 6.45) is 3.66. The zero-order valence-electron chi connectivity index (χ0n) is 34.4. The number of amides is 1. The third-order valence-electron chi connectivity index (χ3n) is 12.6. The minimum atomic E-state index is -2.53. The number of allylic oxidation sites excluding steroid dienone is 4. The van der Waals surface area contributed by atoms with Gasteiger partial charge in [0.1, 0.15) is 24.0 Å². The van der Waals surface area contributed by atoms with Crippen molar-refractivity contribution in [1.82, 2.24) is 4.90 Å². The van der Waals surface area contributed by atoms with Crippen molar-refractivity contribution in [2.24, 2.45) is 29.6 Å². The first kappa shape index (κ1) is 45.9. The molecule has 2 saturated heterocycles. The van der Waals surface area contributed by atoms with Gasteiger partial charge in [-0.15, -0.1) is 6.58 Å². The Balaban J connectivity index is 1.74. The van der Waals surface area contributed by atoms with Gasteiger partial charge in [-0.3, -0.25) is 14.4 Å². The van der Waals surface area contributed by atoms with Crippen LogP contribution < -0.4 is 0 Å². The SMILES string of the molecule is C=CCC1/C=C(\C)CC(C)CC(OC)C(O)C2CC(C)C(O)(O2)C(=O)C(=O)N2CCCCC2C(=O)OC(/C(C)=C/C2CCC(O)C(OC)C2)C(C)C(O)CC1=O. The molecule has 13 heteroatoms. The number of methoxy groups -OCH3 is 2. The van der Waals surface area contributed by atoms with Gasteiger partial charge < -0.3 is 44.3 Å². The minimum absolute atomic E-state index is 0.0115. The number of esters is 1. The lowest BCUT2D eigenvalue weighted by Crippen LogP contribution is -2.57. The van der Waals surface area contributed by atoms with Crippen molar-refractivity contribution in [3.8, 4) is 0 Å². The Labute approximate surface area is 332 Å². The maximum atomic E-state index is 14.2.